The van der Waals surface area contributed by atoms with Crippen LogP contribution in [0.25, 0.3) is 0 Å². The minimum atomic E-state index is -0.651. The van der Waals surface area contributed by atoms with E-state index in [1.54, 1.807) is 29.4 Å². The lowest BCUT2D eigenvalue weighted by Gasteiger charge is -2.38. The molecule has 1 aromatic carbocycles. The molecule has 0 aliphatic carbocycles. The molecule has 29 heavy (non-hydrogen) atoms. The van der Waals surface area contributed by atoms with Crippen LogP contribution >= 0.6 is 0 Å². The van der Waals surface area contributed by atoms with Crippen LogP contribution in [0.5, 0.6) is 5.75 Å². The Morgan fingerprint density at radius 3 is 2.86 bits per heavy atom. The lowest BCUT2D eigenvalue weighted by molar-refractivity contribution is -0.142. The predicted molar refractivity (Wildman–Crippen MR) is 106 cm³/mol. The number of amides is 2. The second kappa shape index (κ2) is 8.30. The maximum Gasteiger partial charge on any atom is 0.273 e. The molecule has 8 nitrogen and oxygen atoms in total. The van der Waals surface area contributed by atoms with Gasteiger partial charge in [0.2, 0.25) is 0 Å². The van der Waals surface area contributed by atoms with Crippen molar-refractivity contribution in [1.82, 2.24) is 9.88 Å². The molecule has 3 heterocycles. The van der Waals surface area contributed by atoms with Gasteiger partial charge in [0, 0.05) is 19.2 Å². The van der Waals surface area contributed by atoms with Gasteiger partial charge in [-0.15, -0.1) is 0 Å². The number of ether oxygens (including phenoxy) is 1. The molecular weight excluding hydrogens is 372 g/mol. The van der Waals surface area contributed by atoms with Crippen molar-refractivity contribution in [2.45, 2.75) is 24.9 Å². The fourth-order valence-corrected chi connectivity index (χ4v) is 3.57. The van der Waals surface area contributed by atoms with Gasteiger partial charge >= 0.3 is 0 Å². The molecule has 0 bridgehead atoms. The van der Waals surface area contributed by atoms with Crippen LogP contribution in [0.3, 0.4) is 0 Å². The van der Waals surface area contributed by atoms with E-state index in [9.17, 15) is 9.59 Å². The average Bonchev–Trinajstić information content (AvgIpc) is 3.16. The Labute approximate surface area is 168 Å². The van der Waals surface area contributed by atoms with E-state index in [-0.39, 0.29) is 18.4 Å². The molecule has 150 valence electrons. The van der Waals surface area contributed by atoms with Crippen LogP contribution in [0.1, 0.15) is 19.3 Å². The van der Waals surface area contributed by atoms with E-state index < -0.39 is 5.60 Å². The fourth-order valence-electron chi connectivity index (χ4n) is 3.57. The van der Waals surface area contributed by atoms with Crippen molar-refractivity contribution in [3.05, 3.63) is 54.9 Å². The molecule has 1 fully saturated rings. The smallest absolute Gasteiger partial charge is 0.273 e. The molecule has 2 aliphatic rings. The monoisotopic (exact) mass is 394 g/mol. The molecule has 0 saturated carbocycles. The van der Waals surface area contributed by atoms with Gasteiger partial charge in [-0.3, -0.25) is 14.6 Å². The van der Waals surface area contributed by atoms with Gasteiger partial charge in [0.1, 0.15) is 11.5 Å². The van der Waals surface area contributed by atoms with Gasteiger partial charge in [-0.1, -0.05) is 23.4 Å². The minimum absolute atomic E-state index is 0.0324. The number of carbonyl (C=O) groups excluding carboxylic acids is 2. The summed E-state index contributed by atoms with van der Waals surface area (Å²) in [6.07, 6.45) is 5.09. The zero-order chi connectivity index (χ0) is 20.1. The second-order valence-corrected chi connectivity index (χ2v) is 7.21. The summed E-state index contributed by atoms with van der Waals surface area (Å²) in [6.45, 7) is 0.992. The van der Waals surface area contributed by atoms with E-state index in [4.69, 9.17) is 9.57 Å². The molecule has 1 spiro atoms. The first kappa shape index (κ1) is 18.9. The number of nitrogens with one attached hydrogen (secondary N) is 1. The summed E-state index contributed by atoms with van der Waals surface area (Å²) < 4.78 is 5.57. The second-order valence-electron chi connectivity index (χ2n) is 7.21. The SMILES string of the molecule is O=C(Nc1cccnc1)C1=NO[C@@]2(CCCN(C(=O)COc3ccccc3)C2)C1. The van der Waals surface area contributed by atoms with Gasteiger partial charge in [0.05, 0.1) is 18.4 Å². The number of pyridine rings is 1. The summed E-state index contributed by atoms with van der Waals surface area (Å²) in [7, 11) is 0. The van der Waals surface area contributed by atoms with Crippen LogP contribution in [0, 0.1) is 0 Å². The first-order chi connectivity index (χ1) is 14.1. The van der Waals surface area contributed by atoms with Gasteiger partial charge in [0.15, 0.2) is 12.2 Å². The summed E-state index contributed by atoms with van der Waals surface area (Å²) in [5.74, 6) is 0.234. The topological polar surface area (TPSA) is 93.1 Å². The first-order valence-corrected chi connectivity index (χ1v) is 9.56. The zero-order valence-electron chi connectivity index (χ0n) is 15.9. The predicted octanol–water partition coefficient (Wildman–Crippen LogP) is 2.24. The van der Waals surface area contributed by atoms with Gasteiger partial charge < -0.3 is 19.8 Å². The number of rotatable bonds is 5. The number of benzene rings is 1. The summed E-state index contributed by atoms with van der Waals surface area (Å²) in [4.78, 5) is 36.4. The quantitative estimate of drug-likeness (QED) is 0.840. The standard InChI is InChI=1S/C21H22N4O4/c26-19(14-28-17-7-2-1-3-8-17)25-11-5-9-21(15-25)12-18(24-29-21)20(27)23-16-6-4-10-22-13-16/h1-4,6-8,10,13H,5,9,11-12,14-15H2,(H,23,27)/t21-/m0/s1. The molecule has 0 unspecified atom stereocenters. The third-order valence-corrected chi connectivity index (χ3v) is 5.02. The van der Waals surface area contributed by atoms with Crippen LogP contribution in [-0.2, 0) is 14.4 Å². The summed E-state index contributed by atoms with van der Waals surface area (Å²) in [5, 5.41) is 6.78. The molecule has 2 amide bonds. The van der Waals surface area contributed by atoms with E-state index in [0.29, 0.717) is 36.7 Å². The molecule has 1 aromatic heterocycles. The summed E-state index contributed by atoms with van der Waals surface area (Å²) in [6, 6.07) is 12.7. The van der Waals surface area contributed by atoms with E-state index in [0.717, 1.165) is 12.8 Å². The van der Waals surface area contributed by atoms with Gasteiger partial charge in [-0.2, -0.15) is 0 Å². The van der Waals surface area contributed by atoms with Crippen LogP contribution in [0.4, 0.5) is 5.69 Å². The summed E-state index contributed by atoms with van der Waals surface area (Å²) >= 11 is 0. The highest BCUT2D eigenvalue weighted by Gasteiger charge is 2.45. The van der Waals surface area contributed by atoms with Crippen molar-refractivity contribution in [1.29, 1.82) is 0 Å². The van der Waals surface area contributed by atoms with Crippen molar-refractivity contribution < 1.29 is 19.2 Å². The Morgan fingerprint density at radius 1 is 1.21 bits per heavy atom. The number of likely N-dealkylation sites (tertiary alicyclic amines) is 1. The highest BCUT2D eigenvalue weighted by molar-refractivity contribution is 6.43. The first-order valence-electron chi connectivity index (χ1n) is 9.56. The normalized spacial score (nSPS) is 20.7. The molecule has 0 radical (unpaired) electrons. The number of piperidine rings is 1. The number of anilines is 1. The third kappa shape index (κ3) is 4.53. The molecule has 1 atom stereocenters. The third-order valence-electron chi connectivity index (χ3n) is 5.02. The van der Waals surface area contributed by atoms with Crippen molar-refractivity contribution in [2.24, 2.45) is 5.16 Å². The molecule has 1 saturated heterocycles. The number of hydrogen-bond donors (Lipinski definition) is 1. The van der Waals surface area contributed by atoms with E-state index in [2.05, 4.69) is 15.5 Å². The lowest BCUT2D eigenvalue weighted by atomic mass is 9.88. The van der Waals surface area contributed by atoms with Crippen LogP contribution < -0.4 is 10.1 Å². The number of aromatic nitrogens is 1. The van der Waals surface area contributed by atoms with E-state index >= 15 is 0 Å². The van der Waals surface area contributed by atoms with Crippen LogP contribution in [-0.4, -0.2) is 52.7 Å². The van der Waals surface area contributed by atoms with Crippen LogP contribution in [0.2, 0.25) is 0 Å². The van der Waals surface area contributed by atoms with Gasteiger partial charge in [-0.25, -0.2) is 0 Å². The van der Waals surface area contributed by atoms with Crippen molar-refractivity contribution in [3.63, 3.8) is 0 Å². The number of carbonyl (C=O) groups is 2. The molecular formula is C21H22N4O4. The maximum absolute atomic E-state index is 12.6. The highest BCUT2D eigenvalue weighted by Crippen LogP contribution is 2.33. The van der Waals surface area contributed by atoms with Gasteiger partial charge in [-0.05, 0) is 37.1 Å². The molecule has 2 aromatic rings. The number of nitrogens with zero attached hydrogens (tertiary/aromatic N) is 3. The van der Waals surface area contributed by atoms with Crippen molar-refractivity contribution in [2.75, 3.05) is 25.0 Å². The van der Waals surface area contributed by atoms with Gasteiger partial charge in [0.25, 0.3) is 11.8 Å². The number of oxime groups is 1. The van der Waals surface area contributed by atoms with Crippen molar-refractivity contribution >= 4 is 23.2 Å². The fraction of sp³-hybridized carbons (Fsp3) is 0.333. The Kier molecular flexibility index (Phi) is 5.41. The van der Waals surface area contributed by atoms with Crippen molar-refractivity contribution in [3.8, 4) is 5.75 Å². The maximum atomic E-state index is 12.6. The molecule has 2 aliphatic heterocycles. The lowest BCUT2D eigenvalue weighted by Crippen LogP contribution is -2.51. The van der Waals surface area contributed by atoms with E-state index in [1.165, 1.54) is 0 Å². The summed E-state index contributed by atoms with van der Waals surface area (Å²) in [5.41, 5.74) is 0.269. The minimum Gasteiger partial charge on any atom is -0.484 e. The molecule has 4 rings (SSSR count). The number of para-hydroxylation sites is 1. The van der Waals surface area contributed by atoms with Crippen LogP contribution in [0.15, 0.2) is 60.0 Å². The average molecular weight is 394 g/mol. The number of hydrogen-bond acceptors (Lipinski definition) is 6. The highest BCUT2D eigenvalue weighted by atomic mass is 16.7. The Hall–Kier alpha value is -3.42. The molecule has 8 heteroatoms. The molecule has 1 N–H and O–H groups in total. The largest absolute Gasteiger partial charge is 0.484 e. The Morgan fingerprint density at radius 2 is 2.07 bits per heavy atom. The zero-order valence-corrected chi connectivity index (χ0v) is 15.9. The van der Waals surface area contributed by atoms with E-state index in [1.807, 2.05) is 30.3 Å². The Balaban J connectivity index is 1.32. The Bertz CT molecular complexity index is 903.